The Hall–Kier alpha value is -2.11. The summed E-state index contributed by atoms with van der Waals surface area (Å²) < 4.78 is 19.8. The van der Waals surface area contributed by atoms with Crippen LogP contribution < -0.4 is 10.1 Å². The van der Waals surface area contributed by atoms with E-state index in [1.807, 2.05) is 24.3 Å². The maximum absolute atomic E-state index is 13.9. The molecule has 1 saturated heterocycles. The van der Waals surface area contributed by atoms with Gasteiger partial charge < -0.3 is 10.1 Å². The van der Waals surface area contributed by atoms with Crippen molar-refractivity contribution in [2.75, 3.05) is 13.1 Å². The van der Waals surface area contributed by atoms with Crippen LogP contribution in [0.2, 0.25) is 0 Å². The lowest BCUT2D eigenvalue weighted by atomic mass is 10.0. The number of likely N-dealkylation sites (tertiary alicyclic amines) is 1. The molecule has 0 saturated carbocycles. The maximum Gasteiger partial charge on any atom is 0.129 e. The third-order valence-electron chi connectivity index (χ3n) is 5.73. The lowest BCUT2D eigenvalue weighted by molar-refractivity contribution is 0.189. The van der Waals surface area contributed by atoms with Crippen molar-refractivity contribution in [1.82, 2.24) is 10.2 Å². The highest BCUT2D eigenvalue weighted by Gasteiger charge is 2.19. The van der Waals surface area contributed by atoms with Gasteiger partial charge in [-0.3, -0.25) is 4.90 Å². The molecule has 0 atom stereocenters. The van der Waals surface area contributed by atoms with E-state index in [1.54, 1.807) is 12.1 Å². The molecule has 0 unspecified atom stereocenters. The molecule has 1 aliphatic rings. The van der Waals surface area contributed by atoms with Crippen LogP contribution in [0, 0.1) is 5.82 Å². The van der Waals surface area contributed by atoms with E-state index in [2.05, 4.69) is 46.6 Å². The van der Waals surface area contributed by atoms with Gasteiger partial charge in [-0.05, 0) is 43.6 Å². The first-order chi connectivity index (χ1) is 14.8. The number of piperidine rings is 1. The van der Waals surface area contributed by atoms with Crippen molar-refractivity contribution in [2.45, 2.75) is 38.6 Å². The van der Waals surface area contributed by atoms with Gasteiger partial charge in [0, 0.05) is 30.3 Å². The molecule has 1 N–H and O–H groups in total. The van der Waals surface area contributed by atoms with Gasteiger partial charge in [0.15, 0.2) is 0 Å². The third kappa shape index (κ3) is 7.49. The Labute approximate surface area is 202 Å². The van der Waals surface area contributed by atoms with Gasteiger partial charge in [-0.15, -0.1) is 24.8 Å². The Bertz CT molecular complexity index is 934. The summed E-state index contributed by atoms with van der Waals surface area (Å²) in [6, 6.07) is 26.0. The van der Waals surface area contributed by atoms with E-state index in [0.717, 1.165) is 50.3 Å². The van der Waals surface area contributed by atoms with E-state index in [-0.39, 0.29) is 37.2 Å². The standard InChI is InChI=1S/C26H29FN2O.2ClH/c27-25-12-6-4-11-23(25)20-30-26-13-7-5-10-22(26)18-28-24-14-16-29(17-15-24)19-21-8-2-1-3-9-21;;/h1-13,24,28H,14-20H2;2*1H. The van der Waals surface area contributed by atoms with Gasteiger partial charge in [0.1, 0.15) is 18.2 Å². The molecule has 0 aliphatic carbocycles. The largest absolute Gasteiger partial charge is 0.488 e. The van der Waals surface area contributed by atoms with Gasteiger partial charge in [-0.2, -0.15) is 0 Å². The van der Waals surface area contributed by atoms with Gasteiger partial charge in [0.05, 0.1) is 0 Å². The number of hydrogen-bond donors (Lipinski definition) is 1. The molecule has 3 aromatic carbocycles. The topological polar surface area (TPSA) is 24.5 Å². The molecular formula is C26H31Cl2FN2O. The first-order valence-electron chi connectivity index (χ1n) is 10.7. The van der Waals surface area contributed by atoms with Crippen LogP contribution >= 0.6 is 24.8 Å². The van der Waals surface area contributed by atoms with Crippen LogP contribution in [-0.2, 0) is 19.7 Å². The number of nitrogens with zero attached hydrogens (tertiary/aromatic N) is 1. The van der Waals surface area contributed by atoms with Gasteiger partial charge in [0.25, 0.3) is 0 Å². The number of benzene rings is 3. The zero-order chi connectivity index (χ0) is 20.6. The second-order valence-electron chi connectivity index (χ2n) is 7.90. The minimum Gasteiger partial charge on any atom is -0.488 e. The third-order valence-corrected chi connectivity index (χ3v) is 5.73. The molecule has 0 amide bonds. The predicted molar refractivity (Wildman–Crippen MR) is 133 cm³/mol. The van der Waals surface area contributed by atoms with E-state index < -0.39 is 0 Å². The zero-order valence-electron chi connectivity index (χ0n) is 18.1. The predicted octanol–water partition coefficient (Wildman–Crippen LogP) is 6.00. The van der Waals surface area contributed by atoms with E-state index in [1.165, 1.54) is 11.6 Å². The summed E-state index contributed by atoms with van der Waals surface area (Å²) in [6.45, 7) is 4.24. The molecular weight excluding hydrogens is 446 g/mol. The van der Waals surface area contributed by atoms with Crippen LogP contribution in [0.4, 0.5) is 4.39 Å². The van der Waals surface area contributed by atoms with Crippen LogP contribution in [0.5, 0.6) is 5.75 Å². The van der Waals surface area contributed by atoms with Gasteiger partial charge in [-0.25, -0.2) is 4.39 Å². The molecule has 1 aliphatic heterocycles. The average Bonchev–Trinajstić information content (AvgIpc) is 2.79. The second-order valence-corrected chi connectivity index (χ2v) is 7.90. The van der Waals surface area contributed by atoms with Crippen molar-refractivity contribution in [1.29, 1.82) is 0 Å². The molecule has 6 heteroatoms. The first kappa shape index (κ1) is 26.1. The molecule has 4 rings (SSSR count). The Morgan fingerprint density at radius 3 is 2.16 bits per heavy atom. The van der Waals surface area contributed by atoms with E-state index in [9.17, 15) is 4.39 Å². The van der Waals surface area contributed by atoms with Crippen molar-refractivity contribution < 1.29 is 9.13 Å². The number of hydrogen-bond acceptors (Lipinski definition) is 3. The molecule has 32 heavy (non-hydrogen) atoms. The normalized spacial score (nSPS) is 14.3. The van der Waals surface area contributed by atoms with Crippen molar-refractivity contribution in [3.63, 3.8) is 0 Å². The van der Waals surface area contributed by atoms with E-state index in [0.29, 0.717) is 11.6 Å². The number of ether oxygens (including phenoxy) is 1. The smallest absolute Gasteiger partial charge is 0.129 e. The SMILES string of the molecule is Cl.Cl.Fc1ccccc1COc1ccccc1CNC1CCN(Cc2ccccc2)CC1. The summed E-state index contributed by atoms with van der Waals surface area (Å²) in [7, 11) is 0. The fourth-order valence-corrected chi connectivity index (χ4v) is 3.95. The number of halogens is 3. The minimum absolute atomic E-state index is 0. The van der Waals surface area contributed by atoms with Crippen LogP contribution in [0.25, 0.3) is 0 Å². The molecule has 172 valence electrons. The summed E-state index contributed by atoms with van der Waals surface area (Å²) in [5.74, 6) is 0.588. The number of para-hydroxylation sites is 1. The highest BCUT2D eigenvalue weighted by atomic mass is 35.5. The van der Waals surface area contributed by atoms with Crippen molar-refractivity contribution in [3.8, 4) is 5.75 Å². The van der Waals surface area contributed by atoms with E-state index >= 15 is 0 Å². The molecule has 0 bridgehead atoms. The van der Waals surface area contributed by atoms with Crippen molar-refractivity contribution >= 4 is 24.8 Å². The average molecular weight is 477 g/mol. The first-order valence-corrected chi connectivity index (χ1v) is 10.7. The Balaban J connectivity index is 0.00000181. The summed E-state index contributed by atoms with van der Waals surface area (Å²) in [5, 5.41) is 3.69. The summed E-state index contributed by atoms with van der Waals surface area (Å²) in [5.41, 5.74) is 3.07. The summed E-state index contributed by atoms with van der Waals surface area (Å²) in [4.78, 5) is 2.53. The van der Waals surface area contributed by atoms with Gasteiger partial charge in [-0.1, -0.05) is 66.7 Å². The molecule has 0 radical (unpaired) electrons. The van der Waals surface area contributed by atoms with Crippen molar-refractivity contribution in [3.05, 3.63) is 101 Å². The number of rotatable bonds is 8. The summed E-state index contributed by atoms with van der Waals surface area (Å²) in [6.07, 6.45) is 2.29. The number of nitrogens with one attached hydrogen (secondary N) is 1. The highest BCUT2D eigenvalue weighted by molar-refractivity contribution is 5.85. The second kappa shape index (κ2) is 13.4. The lowest BCUT2D eigenvalue weighted by Gasteiger charge is -2.32. The van der Waals surface area contributed by atoms with Crippen LogP contribution in [0.1, 0.15) is 29.5 Å². The monoisotopic (exact) mass is 476 g/mol. The molecule has 0 aromatic heterocycles. The fourth-order valence-electron chi connectivity index (χ4n) is 3.95. The molecule has 0 spiro atoms. The highest BCUT2D eigenvalue weighted by Crippen LogP contribution is 2.21. The fraction of sp³-hybridized carbons (Fsp3) is 0.308. The van der Waals surface area contributed by atoms with Gasteiger partial charge in [0.2, 0.25) is 0 Å². The van der Waals surface area contributed by atoms with Crippen LogP contribution in [0.3, 0.4) is 0 Å². The molecule has 3 nitrogen and oxygen atoms in total. The van der Waals surface area contributed by atoms with Crippen LogP contribution in [0.15, 0.2) is 78.9 Å². The molecule has 1 fully saturated rings. The molecule has 1 heterocycles. The van der Waals surface area contributed by atoms with Gasteiger partial charge >= 0.3 is 0 Å². The summed E-state index contributed by atoms with van der Waals surface area (Å²) >= 11 is 0. The van der Waals surface area contributed by atoms with Crippen molar-refractivity contribution in [2.24, 2.45) is 0 Å². The maximum atomic E-state index is 13.9. The Kier molecular flexibility index (Phi) is 11.0. The van der Waals surface area contributed by atoms with Crippen LogP contribution in [-0.4, -0.2) is 24.0 Å². The minimum atomic E-state index is -0.227. The lowest BCUT2D eigenvalue weighted by Crippen LogP contribution is -2.41. The molecule has 3 aromatic rings. The quantitative estimate of drug-likeness (QED) is 0.431. The zero-order valence-corrected chi connectivity index (χ0v) is 19.7. The van der Waals surface area contributed by atoms with E-state index in [4.69, 9.17) is 4.74 Å². The Morgan fingerprint density at radius 2 is 1.44 bits per heavy atom. The Morgan fingerprint density at radius 1 is 0.812 bits per heavy atom.